The molecule has 1 aliphatic rings. The molecule has 0 aliphatic heterocycles. The van der Waals surface area contributed by atoms with Crippen molar-refractivity contribution in [1.82, 2.24) is 19.9 Å². The second-order valence-corrected chi connectivity index (χ2v) is 5.34. The number of aryl methyl sites for hydroxylation is 1. The summed E-state index contributed by atoms with van der Waals surface area (Å²) >= 11 is 1.56. The normalized spacial score (nSPS) is 16.6. The summed E-state index contributed by atoms with van der Waals surface area (Å²) in [4.78, 5) is 16.4. The molecule has 1 aliphatic carbocycles. The van der Waals surface area contributed by atoms with E-state index in [0.29, 0.717) is 23.5 Å². The lowest BCUT2D eigenvalue weighted by atomic mass is 10.3. The molecule has 0 amide bonds. The molecule has 0 spiro atoms. The SMILES string of the molecule is CSc1nc2nc(C)nc(OC3CCCC3)c2[nH]1. The molecule has 0 radical (unpaired) electrons. The zero-order valence-electron chi connectivity index (χ0n) is 10.6. The number of hydrogen-bond donors (Lipinski definition) is 1. The predicted molar refractivity (Wildman–Crippen MR) is 71.1 cm³/mol. The summed E-state index contributed by atoms with van der Waals surface area (Å²) in [7, 11) is 0. The van der Waals surface area contributed by atoms with Crippen LogP contribution in [0.4, 0.5) is 0 Å². The quantitative estimate of drug-likeness (QED) is 0.863. The third-order valence-electron chi connectivity index (χ3n) is 3.18. The molecule has 2 aromatic rings. The second kappa shape index (κ2) is 4.76. The van der Waals surface area contributed by atoms with Crippen molar-refractivity contribution in [2.45, 2.75) is 43.9 Å². The molecule has 1 fully saturated rings. The minimum atomic E-state index is 0.295. The highest BCUT2D eigenvalue weighted by atomic mass is 32.2. The van der Waals surface area contributed by atoms with E-state index in [1.807, 2.05) is 13.2 Å². The van der Waals surface area contributed by atoms with Crippen LogP contribution in [0.3, 0.4) is 0 Å². The van der Waals surface area contributed by atoms with Gasteiger partial charge >= 0.3 is 0 Å². The van der Waals surface area contributed by atoms with Gasteiger partial charge in [-0.25, -0.2) is 9.97 Å². The van der Waals surface area contributed by atoms with Gasteiger partial charge in [-0.1, -0.05) is 11.8 Å². The Hall–Kier alpha value is -1.30. The fourth-order valence-corrected chi connectivity index (χ4v) is 2.68. The number of nitrogens with one attached hydrogen (secondary N) is 1. The number of H-pyrrole nitrogens is 1. The Morgan fingerprint density at radius 1 is 1.22 bits per heavy atom. The number of hydrogen-bond acceptors (Lipinski definition) is 5. The van der Waals surface area contributed by atoms with E-state index in [4.69, 9.17) is 4.74 Å². The van der Waals surface area contributed by atoms with Crippen molar-refractivity contribution in [1.29, 1.82) is 0 Å². The van der Waals surface area contributed by atoms with Gasteiger partial charge in [-0.15, -0.1) is 0 Å². The molecule has 0 atom stereocenters. The Morgan fingerprint density at radius 2 is 2.00 bits per heavy atom. The average molecular weight is 264 g/mol. The van der Waals surface area contributed by atoms with E-state index in [1.165, 1.54) is 12.8 Å². The molecule has 0 aromatic carbocycles. The predicted octanol–water partition coefficient (Wildman–Crippen LogP) is 2.70. The molecule has 0 bridgehead atoms. The van der Waals surface area contributed by atoms with Crippen molar-refractivity contribution in [2.75, 3.05) is 6.26 Å². The molecule has 96 valence electrons. The van der Waals surface area contributed by atoms with Crippen LogP contribution in [0.15, 0.2) is 5.16 Å². The van der Waals surface area contributed by atoms with Crippen LogP contribution < -0.4 is 4.74 Å². The minimum absolute atomic E-state index is 0.295. The molecule has 2 aromatic heterocycles. The van der Waals surface area contributed by atoms with Crippen LogP contribution >= 0.6 is 11.8 Å². The third-order valence-corrected chi connectivity index (χ3v) is 3.76. The lowest BCUT2D eigenvalue weighted by Crippen LogP contribution is -2.12. The highest BCUT2D eigenvalue weighted by molar-refractivity contribution is 7.98. The Morgan fingerprint density at radius 3 is 2.72 bits per heavy atom. The Bertz CT molecular complexity index is 562. The Balaban J connectivity index is 2.00. The molecular weight excluding hydrogens is 248 g/mol. The van der Waals surface area contributed by atoms with Gasteiger partial charge in [0.25, 0.3) is 0 Å². The lowest BCUT2D eigenvalue weighted by Gasteiger charge is -2.12. The molecule has 1 saturated carbocycles. The van der Waals surface area contributed by atoms with E-state index >= 15 is 0 Å². The summed E-state index contributed by atoms with van der Waals surface area (Å²) < 4.78 is 6.00. The molecular formula is C12H16N4OS. The van der Waals surface area contributed by atoms with Gasteiger partial charge in [0.1, 0.15) is 17.4 Å². The maximum absolute atomic E-state index is 6.00. The first-order chi connectivity index (χ1) is 8.76. The smallest absolute Gasteiger partial charge is 0.243 e. The number of aromatic nitrogens is 4. The molecule has 0 saturated heterocycles. The van der Waals surface area contributed by atoms with Gasteiger partial charge in [-0.05, 0) is 38.9 Å². The number of fused-ring (bicyclic) bond motifs is 1. The largest absolute Gasteiger partial charge is 0.473 e. The van der Waals surface area contributed by atoms with Crippen LogP contribution in [0.5, 0.6) is 5.88 Å². The number of thioether (sulfide) groups is 1. The van der Waals surface area contributed by atoms with E-state index in [0.717, 1.165) is 23.5 Å². The summed E-state index contributed by atoms with van der Waals surface area (Å²) in [5, 5.41) is 0.848. The van der Waals surface area contributed by atoms with Crippen molar-refractivity contribution in [2.24, 2.45) is 0 Å². The van der Waals surface area contributed by atoms with Gasteiger partial charge in [-0.2, -0.15) is 4.98 Å². The number of imidazole rings is 1. The van der Waals surface area contributed by atoms with Gasteiger partial charge in [-0.3, -0.25) is 0 Å². The van der Waals surface area contributed by atoms with Crippen molar-refractivity contribution < 1.29 is 4.74 Å². The first-order valence-electron chi connectivity index (χ1n) is 6.21. The first-order valence-corrected chi connectivity index (χ1v) is 7.44. The van der Waals surface area contributed by atoms with Crippen LogP contribution in [-0.4, -0.2) is 32.3 Å². The lowest BCUT2D eigenvalue weighted by molar-refractivity contribution is 0.203. The van der Waals surface area contributed by atoms with Crippen molar-refractivity contribution in [3.63, 3.8) is 0 Å². The van der Waals surface area contributed by atoms with E-state index in [9.17, 15) is 0 Å². The zero-order valence-corrected chi connectivity index (χ0v) is 11.4. The standard InChI is InChI=1S/C12H16N4OS/c1-7-13-10-9(15-12(16-10)18-2)11(14-7)17-8-5-3-4-6-8/h8H,3-6H2,1-2H3,(H,13,14,15,16). The average Bonchev–Trinajstić information content (AvgIpc) is 2.97. The van der Waals surface area contributed by atoms with Crippen LogP contribution in [0, 0.1) is 6.92 Å². The fraction of sp³-hybridized carbons (Fsp3) is 0.583. The highest BCUT2D eigenvalue weighted by Crippen LogP contribution is 2.28. The summed E-state index contributed by atoms with van der Waals surface area (Å²) in [6.45, 7) is 1.87. The maximum Gasteiger partial charge on any atom is 0.243 e. The number of aromatic amines is 1. The van der Waals surface area contributed by atoms with Crippen molar-refractivity contribution in [3.8, 4) is 5.88 Å². The number of rotatable bonds is 3. The van der Waals surface area contributed by atoms with Crippen LogP contribution in [0.1, 0.15) is 31.5 Å². The van der Waals surface area contributed by atoms with Gasteiger partial charge in [0.15, 0.2) is 10.8 Å². The van der Waals surface area contributed by atoms with E-state index < -0.39 is 0 Å². The Kier molecular flexibility index (Phi) is 3.11. The van der Waals surface area contributed by atoms with Crippen molar-refractivity contribution >= 4 is 22.9 Å². The van der Waals surface area contributed by atoms with E-state index in [-0.39, 0.29) is 0 Å². The molecule has 18 heavy (non-hydrogen) atoms. The molecule has 6 heteroatoms. The summed E-state index contributed by atoms with van der Waals surface area (Å²) in [6, 6.07) is 0. The van der Waals surface area contributed by atoms with Crippen LogP contribution in [0.2, 0.25) is 0 Å². The van der Waals surface area contributed by atoms with Gasteiger partial charge in [0.2, 0.25) is 5.88 Å². The summed E-state index contributed by atoms with van der Waals surface area (Å²) in [5.74, 6) is 1.35. The van der Waals surface area contributed by atoms with E-state index in [1.54, 1.807) is 11.8 Å². The fourth-order valence-electron chi connectivity index (χ4n) is 2.30. The van der Waals surface area contributed by atoms with Gasteiger partial charge < -0.3 is 9.72 Å². The van der Waals surface area contributed by atoms with Crippen LogP contribution in [-0.2, 0) is 0 Å². The molecule has 5 nitrogen and oxygen atoms in total. The number of ether oxygens (including phenoxy) is 1. The van der Waals surface area contributed by atoms with Crippen LogP contribution in [0.25, 0.3) is 11.2 Å². The monoisotopic (exact) mass is 264 g/mol. The zero-order chi connectivity index (χ0) is 12.5. The minimum Gasteiger partial charge on any atom is -0.473 e. The second-order valence-electron chi connectivity index (χ2n) is 4.54. The summed E-state index contributed by atoms with van der Waals surface area (Å²) in [6.07, 6.45) is 7.01. The topological polar surface area (TPSA) is 63.7 Å². The molecule has 0 unspecified atom stereocenters. The highest BCUT2D eigenvalue weighted by Gasteiger charge is 2.20. The van der Waals surface area contributed by atoms with Crippen molar-refractivity contribution in [3.05, 3.63) is 5.82 Å². The molecule has 3 rings (SSSR count). The van der Waals surface area contributed by atoms with Gasteiger partial charge in [0, 0.05) is 0 Å². The molecule has 2 heterocycles. The van der Waals surface area contributed by atoms with Gasteiger partial charge in [0.05, 0.1) is 0 Å². The third kappa shape index (κ3) is 2.16. The number of nitrogens with zero attached hydrogens (tertiary/aromatic N) is 3. The summed E-state index contributed by atoms with van der Waals surface area (Å²) in [5.41, 5.74) is 1.51. The Labute approximate surface area is 110 Å². The maximum atomic E-state index is 6.00. The van der Waals surface area contributed by atoms with E-state index in [2.05, 4.69) is 19.9 Å². The first kappa shape index (κ1) is 11.8. The molecule has 1 N–H and O–H groups in total.